The molecular weight excluding hydrogens is 358 g/mol. The molecule has 0 saturated carbocycles. The molecule has 7 heteroatoms. The monoisotopic (exact) mass is 381 g/mol. The third-order valence-corrected chi connectivity index (χ3v) is 4.56. The van der Waals surface area contributed by atoms with E-state index in [9.17, 15) is 0 Å². The number of hydrogen-bond acceptors (Lipinski definition) is 7. The summed E-state index contributed by atoms with van der Waals surface area (Å²) in [6, 6.07) is 14.2. The molecule has 0 saturated heterocycles. The topological polar surface area (TPSA) is 69.9 Å². The smallest absolute Gasteiger partial charge is 0.231 e. The largest absolute Gasteiger partial charge is 0.485 e. The summed E-state index contributed by atoms with van der Waals surface area (Å²) in [6.07, 6.45) is 0. The third-order valence-electron chi connectivity index (χ3n) is 4.56. The molecule has 0 aliphatic carbocycles. The minimum absolute atomic E-state index is 0.294. The van der Waals surface area contributed by atoms with Crippen molar-refractivity contribution in [3.05, 3.63) is 65.3 Å². The first-order valence-corrected chi connectivity index (χ1v) is 9.31. The normalized spacial score (nSPS) is 12.5. The minimum Gasteiger partial charge on any atom is -0.485 e. The molecule has 2 heterocycles. The number of aromatic nitrogens is 2. The Balaban J connectivity index is 1.33. The van der Waals surface area contributed by atoms with Crippen molar-refractivity contribution in [2.24, 2.45) is 0 Å². The Morgan fingerprint density at radius 3 is 2.50 bits per heavy atom. The number of aryl methyl sites for hydroxylation is 1. The van der Waals surface area contributed by atoms with E-state index in [2.05, 4.69) is 46.2 Å². The lowest BCUT2D eigenvalue weighted by molar-refractivity contribution is 0.174. The van der Waals surface area contributed by atoms with Gasteiger partial charge in [-0.1, -0.05) is 30.3 Å². The second-order valence-corrected chi connectivity index (χ2v) is 6.65. The van der Waals surface area contributed by atoms with Crippen LogP contribution >= 0.6 is 0 Å². The molecule has 0 atom stereocenters. The van der Waals surface area contributed by atoms with Crippen molar-refractivity contribution in [3.8, 4) is 17.2 Å². The Morgan fingerprint density at radius 1 is 1.00 bits per heavy atom. The van der Waals surface area contributed by atoms with E-state index in [1.807, 2.05) is 18.2 Å². The van der Waals surface area contributed by atoms with Crippen LogP contribution in [0.1, 0.15) is 29.8 Å². The molecule has 3 aromatic rings. The molecule has 0 amide bonds. The van der Waals surface area contributed by atoms with Gasteiger partial charge >= 0.3 is 0 Å². The van der Waals surface area contributed by atoms with E-state index in [1.54, 1.807) is 6.92 Å². The van der Waals surface area contributed by atoms with Gasteiger partial charge < -0.3 is 18.7 Å². The van der Waals surface area contributed by atoms with Crippen molar-refractivity contribution in [1.29, 1.82) is 0 Å². The highest BCUT2D eigenvalue weighted by Gasteiger charge is 2.14. The van der Waals surface area contributed by atoms with Crippen LogP contribution in [0.5, 0.6) is 17.2 Å². The zero-order valence-corrected chi connectivity index (χ0v) is 16.1. The van der Waals surface area contributed by atoms with Gasteiger partial charge in [-0.3, -0.25) is 4.90 Å². The van der Waals surface area contributed by atoms with Gasteiger partial charge in [0.25, 0.3) is 0 Å². The van der Waals surface area contributed by atoms with Crippen LogP contribution in [0, 0.1) is 6.92 Å². The molecule has 0 fully saturated rings. The van der Waals surface area contributed by atoms with Crippen LogP contribution in [0.15, 0.2) is 47.0 Å². The van der Waals surface area contributed by atoms with Crippen molar-refractivity contribution in [3.63, 3.8) is 0 Å². The van der Waals surface area contributed by atoms with Gasteiger partial charge in [0.2, 0.25) is 18.5 Å². The maximum absolute atomic E-state index is 5.71. The molecule has 2 aromatic carbocycles. The molecule has 1 aliphatic heterocycles. The highest BCUT2D eigenvalue weighted by molar-refractivity contribution is 5.44. The maximum atomic E-state index is 5.71. The summed E-state index contributed by atoms with van der Waals surface area (Å²) in [5.41, 5.74) is 2.44. The van der Waals surface area contributed by atoms with Crippen molar-refractivity contribution >= 4 is 0 Å². The summed E-state index contributed by atoms with van der Waals surface area (Å²) in [5, 5.41) is 3.83. The Hall–Kier alpha value is -3.06. The summed E-state index contributed by atoms with van der Waals surface area (Å²) in [5.74, 6) is 3.51. The lowest BCUT2D eigenvalue weighted by atomic mass is 10.1. The zero-order valence-electron chi connectivity index (χ0n) is 16.1. The number of ether oxygens (including phenoxy) is 3. The summed E-state index contributed by atoms with van der Waals surface area (Å²) < 4.78 is 21.5. The Morgan fingerprint density at radius 2 is 1.75 bits per heavy atom. The summed E-state index contributed by atoms with van der Waals surface area (Å²) in [7, 11) is 0. The van der Waals surface area contributed by atoms with Crippen LogP contribution in [0.4, 0.5) is 0 Å². The molecule has 0 N–H and O–H groups in total. The van der Waals surface area contributed by atoms with E-state index in [0.29, 0.717) is 25.1 Å². The van der Waals surface area contributed by atoms with Crippen molar-refractivity contribution < 1.29 is 18.7 Å². The second kappa shape index (κ2) is 8.31. The summed E-state index contributed by atoms with van der Waals surface area (Å²) in [6.45, 7) is 7.17. The fourth-order valence-corrected chi connectivity index (χ4v) is 3.07. The van der Waals surface area contributed by atoms with E-state index in [0.717, 1.165) is 36.9 Å². The van der Waals surface area contributed by atoms with Gasteiger partial charge in [-0.25, -0.2) is 0 Å². The third kappa shape index (κ3) is 4.43. The Kier molecular flexibility index (Phi) is 5.43. The fourth-order valence-electron chi connectivity index (χ4n) is 3.07. The number of benzene rings is 2. The van der Waals surface area contributed by atoms with Gasteiger partial charge in [0.05, 0.1) is 0 Å². The highest BCUT2D eigenvalue weighted by Crippen LogP contribution is 2.32. The minimum atomic E-state index is 0.294. The predicted molar refractivity (Wildman–Crippen MR) is 102 cm³/mol. The Bertz CT molecular complexity index is 924. The standard InChI is InChI=1S/C21H23N3O4/c1-3-24(12-17-6-9-19-20(10-17)27-14-26-19)11-16-4-7-18(8-5-16)25-13-21-22-15(2)28-23-21/h4-10H,3,11-14H2,1-2H3. The van der Waals surface area contributed by atoms with Crippen LogP contribution in [0.3, 0.4) is 0 Å². The number of hydrogen-bond donors (Lipinski definition) is 0. The van der Waals surface area contributed by atoms with E-state index >= 15 is 0 Å². The second-order valence-electron chi connectivity index (χ2n) is 6.65. The molecule has 4 rings (SSSR count). The average molecular weight is 381 g/mol. The van der Waals surface area contributed by atoms with Gasteiger partial charge in [-0.2, -0.15) is 4.98 Å². The first-order chi connectivity index (χ1) is 13.7. The van der Waals surface area contributed by atoms with E-state index in [4.69, 9.17) is 18.7 Å². The number of fused-ring (bicyclic) bond motifs is 1. The van der Waals surface area contributed by atoms with Crippen LogP contribution in [0.2, 0.25) is 0 Å². The lowest BCUT2D eigenvalue weighted by Crippen LogP contribution is -2.22. The Labute approximate surface area is 163 Å². The molecule has 146 valence electrons. The number of nitrogens with zero attached hydrogens (tertiary/aromatic N) is 3. The van der Waals surface area contributed by atoms with Crippen molar-refractivity contribution in [2.45, 2.75) is 33.5 Å². The molecule has 7 nitrogen and oxygen atoms in total. The fraction of sp³-hybridized carbons (Fsp3) is 0.333. The van der Waals surface area contributed by atoms with Crippen LogP contribution < -0.4 is 14.2 Å². The molecule has 0 spiro atoms. The average Bonchev–Trinajstić information content (AvgIpc) is 3.35. The van der Waals surface area contributed by atoms with Crippen molar-refractivity contribution in [2.75, 3.05) is 13.3 Å². The SMILES string of the molecule is CCN(Cc1ccc(OCc2noc(C)n2)cc1)Cc1ccc2c(c1)OCO2. The van der Waals surface area contributed by atoms with Gasteiger partial charge in [0.1, 0.15) is 5.75 Å². The van der Waals surface area contributed by atoms with Crippen molar-refractivity contribution in [1.82, 2.24) is 15.0 Å². The van der Waals surface area contributed by atoms with E-state index in [1.165, 1.54) is 11.1 Å². The predicted octanol–water partition coefficient (Wildman–Crippen LogP) is 3.71. The highest BCUT2D eigenvalue weighted by atomic mass is 16.7. The molecule has 0 radical (unpaired) electrons. The zero-order chi connectivity index (χ0) is 19.3. The molecule has 0 unspecified atom stereocenters. The van der Waals surface area contributed by atoms with Crippen LogP contribution in [0.25, 0.3) is 0 Å². The molecule has 0 bridgehead atoms. The van der Waals surface area contributed by atoms with Gasteiger partial charge in [-0.05, 0) is 41.9 Å². The first-order valence-electron chi connectivity index (χ1n) is 9.31. The van der Waals surface area contributed by atoms with Crippen LogP contribution in [-0.4, -0.2) is 28.4 Å². The van der Waals surface area contributed by atoms with Gasteiger partial charge in [0, 0.05) is 20.0 Å². The lowest BCUT2D eigenvalue weighted by Gasteiger charge is -2.21. The van der Waals surface area contributed by atoms with E-state index < -0.39 is 0 Å². The van der Waals surface area contributed by atoms with E-state index in [-0.39, 0.29) is 0 Å². The maximum Gasteiger partial charge on any atom is 0.231 e. The summed E-state index contributed by atoms with van der Waals surface area (Å²) in [4.78, 5) is 6.50. The molecular formula is C21H23N3O4. The van der Waals surface area contributed by atoms with Gasteiger partial charge in [-0.15, -0.1) is 0 Å². The molecule has 28 heavy (non-hydrogen) atoms. The molecule has 1 aromatic heterocycles. The summed E-state index contributed by atoms with van der Waals surface area (Å²) >= 11 is 0. The first kappa shape index (κ1) is 18.3. The van der Waals surface area contributed by atoms with Gasteiger partial charge in [0.15, 0.2) is 18.1 Å². The molecule has 1 aliphatic rings. The van der Waals surface area contributed by atoms with Crippen LogP contribution in [-0.2, 0) is 19.7 Å². The number of rotatable bonds is 8. The quantitative estimate of drug-likeness (QED) is 0.589.